The summed E-state index contributed by atoms with van der Waals surface area (Å²) < 4.78 is 5.36. The van der Waals surface area contributed by atoms with Gasteiger partial charge in [0.05, 0.1) is 18.4 Å². The number of hydrogen-bond acceptors (Lipinski definition) is 3. The number of methoxy groups -OCH3 is 1. The minimum absolute atomic E-state index is 0.0613. The Morgan fingerprint density at radius 1 is 1.12 bits per heavy atom. The van der Waals surface area contributed by atoms with Crippen LogP contribution in [0.1, 0.15) is 46.0 Å². The van der Waals surface area contributed by atoms with Crippen molar-refractivity contribution < 1.29 is 19.4 Å². The van der Waals surface area contributed by atoms with Crippen molar-refractivity contribution in [3.63, 3.8) is 0 Å². The molecule has 0 unspecified atom stereocenters. The highest BCUT2D eigenvalue weighted by Crippen LogP contribution is 2.32. The van der Waals surface area contributed by atoms with Crippen LogP contribution in [-0.4, -0.2) is 24.1 Å². The third-order valence-corrected chi connectivity index (χ3v) is 3.78. The highest BCUT2D eigenvalue weighted by Gasteiger charge is 2.20. The van der Waals surface area contributed by atoms with Gasteiger partial charge in [0.2, 0.25) is 0 Å². The molecule has 1 amide bonds. The van der Waals surface area contributed by atoms with Crippen molar-refractivity contribution in [1.82, 2.24) is 0 Å². The summed E-state index contributed by atoms with van der Waals surface area (Å²) in [5.41, 5.74) is 1.55. The number of aromatic carboxylic acids is 1. The maximum atomic E-state index is 12.5. The fourth-order valence-electron chi connectivity index (χ4n) is 2.52. The van der Waals surface area contributed by atoms with Gasteiger partial charge in [-0.2, -0.15) is 0 Å². The molecule has 0 spiro atoms. The third kappa shape index (κ3) is 3.93. The van der Waals surface area contributed by atoms with E-state index in [1.807, 2.05) is 6.07 Å². The molecule has 2 aromatic carbocycles. The van der Waals surface area contributed by atoms with E-state index in [1.165, 1.54) is 13.2 Å². The summed E-state index contributed by atoms with van der Waals surface area (Å²) in [7, 11) is 1.54. The molecule has 0 bridgehead atoms. The van der Waals surface area contributed by atoms with E-state index in [-0.39, 0.29) is 11.5 Å². The molecule has 5 nitrogen and oxygen atoms in total. The van der Waals surface area contributed by atoms with Crippen LogP contribution in [0.3, 0.4) is 0 Å². The number of unbranched alkanes of at least 4 members (excludes halogenated alkanes) is 1. The fraction of sp³-hybridized carbons (Fsp3) is 0.263. The highest BCUT2D eigenvalue weighted by atomic mass is 16.5. The van der Waals surface area contributed by atoms with Gasteiger partial charge in [-0.3, -0.25) is 4.79 Å². The molecule has 0 radical (unpaired) electrons. The van der Waals surface area contributed by atoms with E-state index in [2.05, 4.69) is 12.2 Å². The molecule has 0 saturated carbocycles. The number of ether oxygens (including phenoxy) is 1. The van der Waals surface area contributed by atoms with Gasteiger partial charge in [-0.1, -0.05) is 31.5 Å². The van der Waals surface area contributed by atoms with Crippen molar-refractivity contribution in [3.8, 4) is 5.75 Å². The molecule has 0 saturated heterocycles. The van der Waals surface area contributed by atoms with Crippen molar-refractivity contribution in [2.24, 2.45) is 0 Å². The first-order valence-electron chi connectivity index (χ1n) is 7.88. The molecule has 0 atom stereocenters. The summed E-state index contributed by atoms with van der Waals surface area (Å²) in [5.74, 6) is -0.848. The van der Waals surface area contributed by atoms with E-state index in [1.54, 1.807) is 30.3 Å². The van der Waals surface area contributed by atoms with Gasteiger partial charge < -0.3 is 15.2 Å². The fourth-order valence-corrected chi connectivity index (χ4v) is 2.52. The molecule has 0 aromatic heterocycles. The van der Waals surface area contributed by atoms with Crippen LogP contribution < -0.4 is 10.1 Å². The van der Waals surface area contributed by atoms with E-state index in [0.29, 0.717) is 29.0 Å². The topological polar surface area (TPSA) is 75.6 Å². The lowest BCUT2D eigenvalue weighted by Crippen LogP contribution is -2.17. The first kappa shape index (κ1) is 17.5. The van der Waals surface area contributed by atoms with E-state index >= 15 is 0 Å². The Morgan fingerprint density at radius 2 is 1.83 bits per heavy atom. The third-order valence-electron chi connectivity index (χ3n) is 3.78. The molecule has 5 heteroatoms. The van der Waals surface area contributed by atoms with Gasteiger partial charge in [-0.25, -0.2) is 4.79 Å². The Morgan fingerprint density at radius 3 is 2.42 bits per heavy atom. The van der Waals surface area contributed by atoms with Crippen molar-refractivity contribution in [1.29, 1.82) is 0 Å². The molecule has 0 heterocycles. The first-order valence-corrected chi connectivity index (χ1v) is 7.88. The van der Waals surface area contributed by atoms with E-state index < -0.39 is 5.97 Å². The summed E-state index contributed by atoms with van der Waals surface area (Å²) >= 11 is 0. The molecule has 2 aromatic rings. The van der Waals surface area contributed by atoms with Crippen LogP contribution in [0, 0.1) is 0 Å². The molecule has 0 aliphatic carbocycles. The smallest absolute Gasteiger partial charge is 0.337 e. The number of carboxylic acids is 1. The standard InChI is InChI=1S/C19H21NO4/c1-3-4-10-14-16(24-2)12-11-15(19(22)23)17(14)20-18(21)13-8-6-5-7-9-13/h5-9,11-12H,3-4,10H2,1-2H3,(H,20,21)(H,22,23). The number of benzene rings is 2. The number of hydrogen-bond donors (Lipinski definition) is 2. The monoisotopic (exact) mass is 327 g/mol. The molecule has 24 heavy (non-hydrogen) atoms. The first-order chi connectivity index (χ1) is 11.6. The number of nitrogens with one attached hydrogen (secondary N) is 1. The highest BCUT2D eigenvalue weighted by molar-refractivity contribution is 6.08. The molecular formula is C19H21NO4. The Bertz CT molecular complexity index is 726. The van der Waals surface area contributed by atoms with E-state index in [0.717, 1.165) is 12.8 Å². The van der Waals surface area contributed by atoms with Gasteiger partial charge in [-0.05, 0) is 37.1 Å². The Kier molecular flexibility index (Phi) is 5.95. The number of rotatable bonds is 7. The van der Waals surface area contributed by atoms with Crippen LogP contribution in [0.4, 0.5) is 5.69 Å². The quantitative estimate of drug-likeness (QED) is 0.806. The van der Waals surface area contributed by atoms with Gasteiger partial charge in [0.25, 0.3) is 5.91 Å². The minimum atomic E-state index is -1.08. The van der Waals surface area contributed by atoms with Gasteiger partial charge in [0, 0.05) is 11.1 Å². The second-order valence-electron chi connectivity index (χ2n) is 5.40. The maximum absolute atomic E-state index is 12.5. The second-order valence-corrected chi connectivity index (χ2v) is 5.40. The van der Waals surface area contributed by atoms with Crippen LogP contribution in [0.2, 0.25) is 0 Å². The molecule has 2 N–H and O–H groups in total. The zero-order valence-electron chi connectivity index (χ0n) is 13.8. The van der Waals surface area contributed by atoms with Gasteiger partial charge in [-0.15, -0.1) is 0 Å². The lowest BCUT2D eigenvalue weighted by molar-refractivity contribution is 0.0698. The molecule has 0 aliphatic rings. The van der Waals surface area contributed by atoms with Crippen LogP contribution in [0.15, 0.2) is 42.5 Å². The van der Waals surface area contributed by atoms with Crippen LogP contribution >= 0.6 is 0 Å². The van der Waals surface area contributed by atoms with Crippen LogP contribution in [0.5, 0.6) is 5.75 Å². The SMILES string of the molecule is CCCCc1c(OC)ccc(C(=O)O)c1NC(=O)c1ccccc1. The molecular weight excluding hydrogens is 306 g/mol. The Labute approximate surface area is 141 Å². The largest absolute Gasteiger partial charge is 0.496 e. The number of amides is 1. The number of carbonyl (C=O) groups excluding carboxylic acids is 1. The number of carboxylic acid groups (broad SMARTS) is 1. The Balaban J connectivity index is 2.47. The van der Waals surface area contributed by atoms with Crippen molar-refractivity contribution in [2.75, 3.05) is 12.4 Å². The molecule has 126 valence electrons. The zero-order chi connectivity index (χ0) is 17.5. The summed E-state index contributed by atoms with van der Waals surface area (Å²) in [6.45, 7) is 2.05. The zero-order valence-corrected chi connectivity index (χ0v) is 13.8. The second kappa shape index (κ2) is 8.15. The number of carbonyl (C=O) groups is 2. The minimum Gasteiger partial charge on any atom is -0.496 e. The maximum Gasteiger partial charge on any atom is 0.337 e. The summed E-state index contributed by atoms with van der Waals surface area (Å²) in [4.78, 5) is 24.0. The number of anilines is 1. The van der Waals surface area contributed by atoms with Gasteiger partial charge in [0.1, 0.15) is 5.75 Å². The average molecular weight is 327 g/mol. The molecule has 0 fully saturated rings. The van der Waals surface area contributed by atoms with Gasteiger partial charge >= 0.3 is 5.97 Å². The van der Waals surface area contributed by atoms with Crippen molar-refractivity contribution in [2.45, 2.75) is 26.2 Å². The van der Waals surface area contributed by atoms with Crippen molar-refractivity contribution >= 4 is 17.6 Å². The predicted octanol–water partition coefficient (Wildman–Crippen LogP) is 3.99. The average Bonchev–Trinajstić information content (AvgIpc) is 2.60. The predicted molar refractivity (Wildman–Crippen MR) is 93.0 cm³/mol. The molecule has 2 rings (SSSR count). The van der Waals surface area contributed by atoms with Crippen LogP contribution in [-0.2, 0) is 6.42 Å². The van der Waals surface area contributed by atoms with E-state index in [4.69, 9.17) is 4.74 Å². The normalized spacial score (nSPS) is 10.2. The lowest BCUT2D eigenvalue weighted by atomic mass is 10.00. The molecule has 0 aliphatic heterocycles. The summed E-state index contributed by atoms with van der Waals surface area (Å²) in [6, 6.07) is 11.8. The van der Waals surface area contributed by atoms with Crippen molar-refractivity contribution in [3.05, 3.63) is 59.2 Å². The Hall–Kier alpha value is -2.82. The van der Waals surface area contributed by atoms with Crippen LogP contribution in [0.25, 0.3) is 0 Å². The lowest BCUT2D eigenvalue weighted by Gasteiger charge is -2.17. The summed E-state index contributed by atoms with van der Waals surface area (Å²) in [5, 5.41) is 12.2. The van der Waals surface area contributed by atoms with E-state index in [9.17, 15) is 14.7 Å². The summed E-state index contributed by atoms with van der Waals surface area (Å²) in [6.07, 6.45) is 2.45. The van der Waals surface area contributed by atoms with Gasteiger partial charge in [0.15, 0.2) is 0 Å².